The molecule has 0 saturated heterocycles. The van der Waals surface area contributed by atoms with Crippen molar-refractivity contribution in [1.29, 1.82) is 0 Å². The fourth-order valence-corrected chi connectivity index (χ4v) is 2.10. The van der Waals surface area contributed by atoms with Crippen LogP contribution in [0.3, 0.4) is 0 Å². The molecular weight excluding hydrogens is 262 g/mol. The highest BCUT2D eigenvalue weighted by molar-refractivity contribution is 5.44. The number of hydrogen-bond donors (Lipinski definition) is 1. The van der Waals surface area contributed by atoms with E-state index in [9.17, 15) is 0 Å². The molecular formula is C17H17N3O. The third kappa shape index (κ3) is 3.05. The number of nitrogens with zero attached hydrogens (tertiary/aromatic N) is 2. The van der Waals surface area contributed by atoms with Crippen molar-refractivity contribution in [2.75, 3.05) is 11.9 Å². The molecule has 2 aromatic carbocycles. The van der Waals surface area contributed by atoms with Crippen molar-refractivity contribution in [2.45, 2.75) is 6.92 Å². The second-order valence-electron chi connectivity index (χ2n) is 4.56. The van der Waals surface area contributed by atoms with E-state index in [0.717, 1.165) is 29.7 Å². The van der Waals surface area contributed by atoms with Crippen LogP contribution in [0.5, 0.6) is 11.5 Å². The second kappa shape index (κ2) is 6.13. The Kier molecular flexibility index (Phi) is 3.87. The van der Waals surface area contributed by atoms with Gasteiger partial charge in [-0.05, 0) is 43.3 Å². The zero-order valence-electron chi connectivity index (χ0n) is 11.9. The van der Waals surface area contributed by atoms with Crippen LogP contribution in [-0.2, 0) is 0 Å². The number of aromatic nitrogens is 2. The van der Waals surface area contributed by atoms with Gasteiger partial charge in [-0.15, -0.1) is 0 Å². The van der Waals surface area contributed by atoms with Crippen molar-refractivity contribution in [3.63, 3.8) is 0 Å². The highest BCUT2D eigenvalue weighted by Gasteiger charge is 2.04. The SMILES string of the molecule is CCNc1nccn1-c1ccc(Oc2ccccc2)cc1. The smallest absolute Gasteiger partial charge is 0.207 e. The highest BCUT2D eigenvalue weighted by Crippen LogP contribution is 2.23. The Morgan fingerprint density at radius 2 is 1.71 bits per heavy atom. The topological polar surface area (TPSA) is 39.1 Å². The first-order valence-corrected chi connectivity index (χ1v) is 6.97. The van der Waals surface area contributed by atoms with E-state index in [2.05, 4.69) is 17.2 Å². The predicted molar refractivity (Wildman–Crippen MR) is 84.2 cm³/mol. The molecule has 3 aromatic rings. The summed E-state index contributed by atoms with van der Waals surface area (Å²) in [4.78, 5) is 4.29. The van der Waals surface area contributed by atoms with Crippen molar-refractivity contribution in [3.8, 4) is 17.2 Å². The van der Waals surface area contributed by atoms with Crippen molar-refractivity contribution in [3.05, 3.63) is 67.0 Å². The normalized spacial score (nSPS) is 10.3. The first kappa shape index (κ1) is 13.2. The molecule has 0 bridgehead atoms. The van der Waals surface area contributed by atoms with Gasteiger partial charge in [0.25, 0.3) is 0 Å². The molecule has 0 unspecified atom stereocenters. The van der Waals surface area contributed by atoms with E-state index in [-0.39, 0.29) is 0 Å². The average Bonchev–Trinajstić information content (AvgIpc) is 2.98. The van der Waals surface area contributed by atoms with Gasteiger partial charge >= 0.3 is 0 Å². The van der Waals surface area contributed by atoms with Gasteiger partial charge in [0.2, 0.25) is 5.95 Å². The van der Waals surface area contributed by atoms with Gasteiger partial charge in [-0.2, -0.15) is 0 Å². The summed E-state index contributed by atoms with van der Waals surface area (Å²) < 4.78 is 7.80. The molecule has 0 atom stereocenters. The molecule has 0 aliphatic heterocycles. The van der Waals surface area contributed by atoms with Crippen molar-refractivity contribution in [2.24, 2.45) is 0 Å². The van der Waals surface area contributed by atoms with Gasteiger partial charge < -0.3 is 10.1 Å². The molecule has 21 heavy (non-hydrogen) atoms. The lowest BCUT2D eigenvalue weighted by Gasteiger charge is -2.10. The van der Waals surface area contributed by atoms with Crippen LogP contribution >= 0.6 is 0 Å². The van der Waals surface area contributed by atoms with Gasteiger partial charge in [0, 0.05) is 24.6 Å². The van der Waals surface area contributed by atoms with E-state index in [1.165, 1.54) is 0 Å². The minimum absolute atomic E-state index is 0.815. The molecule has 0 radical (unpaired) electrons. The lowest BCUT2D eigenvalue weighted by atomic mass is 10.3. The van der Waals surface area contributed by atoms with E-state index >= 15 is 0 Å². The van der Waals surface area contributed by atoms with Crippen molar-refractivity contribution >= 4 is 5.95 Å². The molecule has 1 N–H and O–H groups in total. The first-order chi connectivity index (χ1) is 10.4. The minimum Gasteiger partial charge on any atom is -0.457 e. The zero-order chi connectivity index (χ0) is 14.5. The Hall–Kier alpha value is -2.75. The number of para-hydroxylation sites is 1. The summed E-state index contributed by atoms with van der Waals surface area (Å²) in [5.74, 6) is 2.49. The van der Waals surface area contributed by atoms with Crippen molar-refractivity contribution < 1.29 is 4.74 Å². The maximum atomic E-state index is 5.79. The Labute approximate surface area is 124 Å². The van der Waals surface area contributed by atoms with Crippen LogP contribution in [0.2, 0.25) is 0 Å². The van der Waals surface area contributed by atoms with Gasteiger partial charge in [0.1, 0.15) is 11.5 Å². The van der Waals surface area contributed by atoms with E-state index < -0.39 is 0 Å². The van der Waals surface area contributed by atoms with Crippen LogP contribution in [0.4, 0.5) is 5.95 Å². The lowest BCUT2D eigenvalue weighted by molar-refractivity contribution is 0.482. The maximum Gasteiger partial charge on any atom is 0.207 e. The zero-order valence-corrected chi connectivity index (χ0v) is 11.9. The fraction of sp³-hybridized carbons (Fsp3) is 0.118. The second-order valence-corrected chi connectivity index (χ2v) is 4.56. The third-order valence-corrected chi connectivity index (χ3v) is 3.07. The summed E-state index contributed by atoms with van der Waals surface area (Å²) >= 11 is 0. The van der Waals surface area contributed by atoms with Crippen LogP contribution < -0.4 is 10.1 Å². The molecule has 0 aliphatic rings. The average molecular weight is 279 g/mol. The standard InChI is InChI=1S/C17H17N3O/c1-2-18-17-19-12-13-20(17)14-8-10-16(11-9-14)21-15-6-4-3-5-7-15/h3-13H,2H2,1H3,(H,18,19). The molecule has 3 rings (SSSR count). The van der Waals surface area contributed by atoms with E-state index in [4.69, 9.17) is 4.74 Å². The third-order valence-electron chi connectivity index (χ3n) is 3.07. The van der Waals surface area contributed by atoms with Crippen LogP contribution in [-0.4, -0.2) is 16.1 Å². The maximum absolute atomic E-state index is 5.79. The molecule has 4 heteroatoms. The first-order valence-electron chi connectivity index (χ1n) is 6.97. The molecule has 1 aromatic heterocycles. The molecule has 0 spiro atoms. The summed E-state index contributed by atoms with van der Waals surface area (Å²) in [6, 6.07) is 17.7. The molecule has 0 saturated carbocycles. The van der Waals surface area contributed by atoms with Crippen LogP contribution in [0.1, 0.15) is 6.92 Å². The highest BCUT2D eigenvalue weighted by atomic mass is 16.5. The van der Waals surface area contributed by atoms with Crippen LogP contribution in [0.15, 0.2) is 67.0 Å². The van der Waals surface area contributed by atoms with Gasteiger partial charge in [-0.25, -0.2) is 4.98 Å². The summed E-state index contributed by atoms with van der Waals surface area (Å²) in [5.41, 5.74) is 1.05. The van der Waals surface area contributed by atoms with Crippen LogP contribution in [0, 0.1) is 0 Å². The summed E-state index contributed by atoms with van der Waals surface area (Å²) in [6.07, 6.45) is 3.72. The van der Waals surface area contributed by atoms with Gasteiger partial charge in [-0.3, -0.25) is 4.57 Å². The Bertz CT molecular complexity index is 690. The monoisotopic (exact) mass is 279 g/mol. The minimum atomic E-state index is 0.815. The predicted octanol–water partition coefficient (Wildman–Crippen LogP) is 4.10. The van der Waals surface area contributed by atoms with E-state index in [1.807, 2.05) is 65.4 Å². The Balaban J connectivity index is 1.79. The van der Waals surface area contributed by atoms with E-state index in [1.54, 1.807) is 6.20 Å². The van der Waals surface area contributed by atoms with Gasteiger partial charge in [0.05, 0.1) is 0 Å². The van der Waals surface area contributed by atoms with Crippen molar-refractivity contribution in [1.82, 2.24) is 9.55 Å². The quantitative estimate of drug-likeness (QED) is 0.764. The Morgan fingerprint density at radius 3 is 2.43 bits per heavy atom. The summed E-state index contributed by atoms with van der Waals surface area (Å²) in [7, 11) is 0. The summed E-state index contributed by atoms with van der Waals surface area (Å²) in [5, 5.41) is 3.23. The number of anilines is 1. The number of hydrogen-bond acceptors (Lipinski definition) is 3. The number of ether oxygens (including phenoxy) is 1. The molecule has 0 aliphatic carbocycles. The number of nitrogens with one attached hydrogen (secondary N) is 1. The molecule has 106 valence electrons. The van der Waals surface area contributed by atoms with Gasteiger partial charge in [-0.1, -0.05) is 18.2 Å². The molecule has 1 heterocycles. The largest absolute Gasteiger partial charge is 0.457 e. The number of benzene rings is 2. The Morgan fingerprint density at radius 1 is 1.00 bits per heavy atom. The number of imidazole rings is 1. The van der Waals surface area contributed by atoms with Crippen LogP contribution in [0.25, 0.3) is 5.69 Å². The fourth-order valence-electron chi connectivity index (χ4n) is 2.10. The number of rotatable bonds is 5. The van der Waals surface area contributed by atoms with Gasteiger partial charge in [0.15, 0.2) is 0 Å². The molecule has 0 fully saturated rings. The molecule has 0 amide bonds. The lowest BCUT2D eigenvalue weighted by Crippen LogP contribution is -2.04. The summed E-state index contributed by atoms with van der Waals surface area (Å²) in [6.45, 7) is 2.89. The van der Waals surface area contributed by atoms with E-state index in [0.29, 0.717) is 0 Å². The molecule has 4 nitrogen and oxygen atoms in total.